The van der Waals surface area contributed by atoms with Gasteiger partial charge < -0.3 is 5.73 Å². The molecule has 0 saturated heterocycles. The monoisotopic (exact) mass is 248 g/mol. The Morgan fingerprint density at radius 1 is 1.28 bits per heavy atom. The van der Waals surface area contributed by atoms with E-state index in [4.69, 9.17) is 5.73 Å². The third kappa shape index (κ3) is 4.52. The summed E-state index contributed by atoms with van der Waals surface area (Å²) in [5.41, 5.74) is 7.64. The number of hydrogen-bond donors (Lipinski definition) is 1. The van der Waals surface area contributed by atoms with E-state index in [1.807, 2.05) is 32.2 Å². The lowest BCUT2D eigenvalue weighted by Gasteiger charge is -2.26. The van der Waals surface area contributed by atoms with Crippen LogP contribution in [0.1, 0.15) is 48.0 Å². The molecule has 0 saturated carbocycles. The van der Waals surface area contributed by atoms with Crippen molar-refractivity contribution < 1.29 is 0 Å². The molecule has 2 N–H and O–H groups in total. The summed E-state index contributed by atoms with van der Waals surface area (Å²) in [5, 5.41) is 0. The standard InChI is InChI=1S/C14H22N2.C2H6/c1-5-10-16-13-7-9-14(4,11(2)3)8-6-12(13)15;1-2/h6-11H,5,15H2,1-4H3;1-2H3. The predicted octanol–water partition coefficient (Wildman–Crippen LogP) is 4.45. The van der Waals surface area contributed by atoms with Crippen LogP contribution in [0.2, 0.25) is 0 Å². The molecule has 0 amide bonds. The molecule has 0 aromatic rings. The van der Waals surface area contributed by atoms with Crippen molar-refractivity contribution in [3.05, 3.63) is 35.7 Å². The van der Waals surface area contributed by atoms with Crippen LogP contribution >= 0.6 is 0 Å². The molecule has 0 heterocycles. The van der Waals surface area contributed by atoms with Crippen molar-refractivity contribution in [2.75, 3.05) is 0 Å². The van der Waals surface area contributed by atoms with Crippen molar-refractivity contribution in [2.24, 2.45) is 22.1 Å². The smallest absolute Gasteiger partial charge is 0.0851 e. The van der Waals surface area contributed by atoms with Gasteiger partial charge in [-0.1, -0.05) is 53.7 Å². The van der Waals surface area contributed by atoms with Crippen molar-refractivity contribution in [1.82, 2.24) is 0 Å². The first-order valence-electron chi connectivity index (χ1n) is 6.90. The highest BCUT2D eigenvalue weighted by molar-refractivity contribution is 5.60. The fourth-order valence-electron chi connectivity index (χ4n) is 1.46. The third-order valence-corrected chi connectivity index (χ3v) is 3.18. The van der Waals surface area contributed by atoms with Gasteiger partial charge in [0.25, 0.3) is 0 Å². The topological polar surface area (TPSA) is 38.4 Å². The molecule has 0 radical (unpaired) electrons. The lowest BCUT2D eigenvalue weighted by atomic mass is 9.79. The fourth-order valence-corrected chi connectivity index (χ4v) is 1.46. The number of nitrogens with zero attached hydrogens (tertiary/aromatic N) is 1. The highest BCUT2D eigenvalue weighted by atomic mass is 14.8. The molecule has 0 aliphatic heterocycles. The molecule has 1 atom stereocenters. The molecule has 102 valence electrons. The molecule has 0 fully saturated rings. The van der Waals surface area contributed by atoms with E-state index in [0.717, 1.165) is 17.8 Å². The Labute approximate surface area is 112 Å². The van der Waals surface area contributed by atoms with Crippen LogP contribution in [0, 0.1) is 11.3 Å². The van der Waals surface area contributed by atoms with Crippen LogP contribution < -0.4 is 5.73 Å². The van der Waals surface area contributed by atoms with Crippen LogP contribution in [0.5, 0.6) is 0 Å². The normalized spacial score (nSPS) is 23.3. The molecule has 0 aromatic carbocycles. The summed E-state index contributed by atoms with van der Waals surface area (Å²) >= 11 is 0. The predicted molar refractivity (Wildman–Crippen MR) is 82.6 cm³/mol. The molecule has 1 rings (SSSR count). The molecular weight excluding hydrogens is 220 g/mol. The zero-order chi connectivity index (χ0) is 14.2. The molecule has 1 aliphatic rings. The molecule has 1 unspecified atom stereocenters. The first kappa shape index (κ1) is 16.7. The summed E-state index contributed by atoms with van der Waals surface area (Å²) in [6.45, 7) is 12.7. The van der Waals surface area contributed by atoms with Gasteiger partial charge in [-0.25, -0.2) is 0 Å². The molecule has 2 heteroatoms. The number of aliphatic imine (C=N–C) groups is 1. The van der Waals surface area contributed by atoms with E-state index < -0.39 is 0 Å². The third-order valence-electron chi connectivity index (χ3n) is 3.18. The molecule has 18 heavy (non-hydrogen) atoms. The Hall–Kier alpha value is -1.31. The summed E-state index contributed by atoms with van der Waals surface area (Å²) in [7, 11) is 0. The summed E-state index contributed by atoms with van der Waals surface area (Å²) in [6, 6.07) is 0. The number of allylic oxidation sites excluding steroid dienone is 4. The van der Waals surface area contributed by atoms with Gasteiger partial charge in [0.2, 0.25) is 0 Å². The Morgan fingerprint density at radius 3 is 2.33 bits per heavy atom. The minimum Gasteiger partial charge on any atom is -0.397 e. The SMILES string of the molecule is CC.CCC=NC1=C(N)C=CC(C)(C(C)C)C=C1. The zero-order valence-corrected chi connectivity index (χ0v) is 12.7. The zero-order valence-electron chi connectivity index (χ0n) is 12.7. The molecule has 2 nitrogen and oxygen atoms in total. The van der Waals surface area contributed by atoms with Crippen LogP contribution in [-0.2, 0) is 0 Å². The Bertz CT molecular complexity index is 359. The molecule has 0 bridgehead atoms. The minimum absolute atomic E-state index is 0.0636. The van der Waals surface area contributed by atoms with Crippen molar-refractivity contribution >= 4 is 6.21 Å². The second-order valence-electron chi connectivity index (χ2n) is 4.75. The Morgan fingerprint density at radius 2 is 1.83 bits per heavy atom. The quantitative estimate of drug-likeness (QED) is 0.736. The minimum atomic E-state index is 0.0636. The van der Waals surface area contributed by atoms with E-state index in [0.29, 0.717) is 5.92 Å². The van der Waals surface area contributed by atoms with Gasteiger partial charge in [0.15, 0.2) is 0 Å². The second-order valence-corrected chi connectivity index (χ2v) is 4.75. The molecule has 0 spiro atoms. The van der Waals surface area contributed by atoms with Crippen LogP contribution in [-0.4, -0.2) is 6.21 Å². The summed E-state index contributed by atoms with van der Waals surface area (Å²) in [4.78, 5) is 4.36. The maximum Gasteiger partial charge on any atom is 0.0851 e. The Kier molecular flexibility index (Phi) is 7.33. The lowest BCUT2D eigenvalue weighted by Crippen LogP contribution is -2.17. The average Bonchev–Trinajstić information content (AvgIpc) is 2.51. The number of hydrogen-bond acceptors (Lipinski definition) is 2. The first-order chi connectivity index (χ1) is 8.49. The number of rotatable bonds is 3. The van der Waals surface area contributed by atoms with E-state index in [1.165, 1.54) is 0 Å². The van der Waals surface area contributed by atoms with E-state index in [-0.39, 0.29) is 5.41 Å². The van der Waals surface area contributed by atoms with Gasteiger partial charge in [-0.05, 0) is 24.5 Å². The highest BCUT2D eigenvalue weighted by Gasteiger charge is 2.23. The van der Waals surface area contributed by atoms with E-state index in [2.05, 4.69) is 44.8 Å². The summed E-state index contributed by atoms with van der Waals surface area (Å²) < 4.78 is 0. The molecule has 0 aromatic heterocycles. The van der Waals surface area contributed by atoms with Crippen LogP contribution in [0.3, 0.4) is 0 Å². The van der Waals surface area contributed by atoms with Gasteiger partial charge in [-0.3, -0.25) is 4.99 Å². The van der Waals surface area contributed by atoms with Crippen LogP contribution in [0.15, 0.2) is 40.7 Å². The van der Waals surface area contributed by atoms with Gasteiger partial charge in [0.05, 0.1) is 11.4 Å². The van der Waals surface area contributed by atoms with E-state index in [1.54, 1.807) is 0 Å². The van der Waals surface area contributed by atoms with Crippen LogP contribution in [0.4, 0.5) is 0 Å². The average molecular weight is 248 g/mol. The summed E-state index contributed by atoms with van der Waals surface area (Å²) in [5.74, 6) is 0.544. The van der Waals surface area contributed by atoms with Crippen molar-refractivity contribution in [3.8, 4) is 0 Å². The second kappa shape index (κ2) is 7.91. The lowest BCUT2D eigenvalue weighted by molar-refractivity contribution is 0.383. The van der Waals surface area contributed by atoms with Gasteiger partial charge in [0.1, 0.15) is 0 Å². The largest absolute Gasteiger partial charge is 0.397 e. The van der Waals surface area contributed by atoms with E-state index in [9.17, 15) is 0 Å². The summed E-state index contributed by atoms with van der Waals surface area (Å²) in [6.07, 6.45) is 11.2. The van der Waals surface area contributed by atoms with Gasteiger partial charge in [0, 0.05) is 11.6 Å². The maximum absolute atomic E-state index is 5.97. The molecular formula is C16H28N2. The van der Waals surface area contributed by atoms with Crippen molar-refractivity contribution in [1.29, 1.82) is 0 Å². The van der Waals surface area contributed by atoms with Crippen LogP contribution in [0.25, 0.3) is 0 Å². The van der Waals surface area contributed by atoms with Gasteiger partial charge >= 0.3 is 0 Å². The number of nitrogens with two attached hydrogens (primary N) is 1. The Balaban J connectivity index is 0.00000137. The maximum atomic E-state index is 5.97. The van der Waals surface area contributed by atoms with Gasteiger partial charge in [-0.2, -0.15) is 0 Å². The first-order valence-corrected chi connectivity index (χ1v) is 6.90. The van der Waals surface area contributed by atoms with Gasteiger partial charge in [-0.15, -0.1) is 0 Å². The highest BCUT2D eigenvalue weighted by Crippen LogP contribution is 2.33. The fraction of sp³-hybridized carbons (Fsp3) is 0.562. The van der Waals surface area contributed by atoms with Crippen molar-refractivity contribution in [3.63, 3.8) is 0 Å². The van der Waals surface area contributed by atoms with E-state index >= 15 is 0 Å². The van der Waals surface area contributed by atoms with Crippen molar-refractivity contribution in [2.45, 2.75) is 48.0 Å². The molecule has 1 aliphatic carbocycles.